The molecule has 0 saturated carbocycles. The van der Waals surface area contributed by atoms with Crippen molar-refractivity contribution >= 4 is 11.6 Å². The van der Waals surface area contributed by atoms with Crippen LogP contribution >= 0.6 is 0 Å². The molecule has 0 fully saturated rings. The summed E-state index contributed by atoms with van der Waals surface area (Å²) in [5, 5.41) is 2.99. The lowest BCUT2D eigenvalue weighted by Gasteiger charge is -2.16. The maximum Gasteiger partial charge on any atom is 0.220 e. The van der Waals surface area contributed by atoms with Gasteiger partial charge in [0.1, 0.15) is 5.82 Å². The van der Waals surface area contributed by atoms with Crippen LogP contribution in [0.3, 0.4) is 0 Å². The van der Waals surface area contributed by atoms with Crippen LogP contribution in [-0.4, -0.2) is 29.6 Å². The number of imidazole rings is 1. The van der Waals surface area contributed by atoms with Gasteiger partial charge in [-0.1, -0.05) is 12.1 Å². The average molecular weight is 314 g/mol. The van der Waals surface area contributed by atoms with E-state index < -0.39 is 0 Å². The first-order valence-electron chi connectivity index (χ1n) is 7.98. The summed E-state index contributed by atoms with van der Waals surface area (Å²) in [7, 11) is 4.07. The molecule has 1 N–H and O–H groups in total. The lowest BCUT2D eigenvalue weighted by atomic mass is 10.1. The first-order chi connectivity index (χ1) is 11.0. The second-order valence-electron chi connectivity index (χ2n) is 6.06. The van der Waals surface area contributed by atoms with Gasteiger partial charge in [0.2, 0.25) is 5.91 Å². The number of nitrogens with zero attached hydrogens (tertiary/aromatic N) is 3. The molecule has 0 aliphatic rings. The van der Waals surface area contributed by atoms with Gasteiger partial charge in [0, 0.05) is 51.7 Å². The highest BCUT2D eigenvalue weighted by Gasteiger charge is 2.05. The number of benzene rings is 1. The number of amides is 1. The Balaban J connectivity index is 1.76. The Hall–Kier alpha value is -2.30. The van der Waals surface area contributed by atoms with E-state index in [1.54, 1.807) is 6.20 Å². The van der Waals surface area contributed by atoms with E-state index in [0.717, 1.165) is 24.4 Å². The molecular formula is C18H26N4O. The van der Waals surface area contributed by atoms with Crippen LogP contribution in [0.25, 0.3) is 0 Å². The Morgan fingerprint density at radius 1 is 1.30 bits per heavy atom. The summed E-state index contributed by atoms with van der Waals surface area (Å²) < 4.78 is 2.07. The van der Waals surface area contributed by atoms with E-state index in [4.69, 9.17) is 0 Å². The number of hydrogen-bond acceptors (Lipinski definition) is 3. The molecular weight excluding hydrogens is 288 g/mol. The summed E-state index contributed by atoms with van der Waals surface area (Å²) in [6, 6.07) is 6.29. The maximum atomic E-state index is 11.9. The first kappa shape index (κ1) is 17.1. The fraction of sp³-hybridized carbons (Fsp3) is 0.444. The van der Waals surface area contributed by atoms with Gasteiger partial charge in [-0.15, -0.1) is 0 Å². The molecule has 1 amide bonds. The third-order valence-corrected chi connectivity index (χ3v) is 3.96. The van der Waals surface area contributed by atoms with Crippen molar-refractivity contribution in [1.29, 1.82) is 0 Å². The maximum absolute atomic E-state index is 11.9. The molecule has 1 aromatic carbocycles. The molecule has 23 heavy (non-hydrogen) atoms. The molecule has 1 heterocycles. The number of rotatable bonds is 7. The Kier molecular flexibility index (Phi) is 5.79. The van der Waals surface area contributed by atoms with E-state index in [1.807, 2.05) is 27.2 Å². The van der Waals surface area contributed by atoms with E-state index in [9.17, 15) is 4.79 Å². The quantitative estimate of drug-likeness (QED) is 0.855. The highest BCUT2D eigenvalue weighted by molar-refractivity contribution is 5.75. The molecule has 0 aliphatic carbocycles. The van der Waals surface area contributed by atoms with E-state index in [0.29, 0.717) is 13.0 Å². The minimum atomic E-state index is 0.0945. The zero-order chi connectivity index (χ0) is 16.8. The van der Waals surface area contributed by atoms with Gasteiger partial charge in [-0.2, -0.15) is 0 Å². The zero-order valence-electron chi connectivity index (χ0n) is 14.5. The van der Waals surface area contributed by atoms with Crippen molar-refractivity contribution in [3.05, 3.63) is 47.5 Å². The molecule has 0 saturated heterocycles. The van der Waals surface area contributed by atoms with Crippen molar-refractivity contribution in [1.82, 2.24) is 14.9 Å². The largest absolute Gasteiger partial charge is 0.377 e. The number of carbonyl (C=O) groups is 1. The Labute approximate surface area is 138 Å². The molecule has 0 spiro atoms. The predicted octanol–water partition coefficient (Wildman–Crippen LogP) is 2.66. The third kappa shape index (κ3) is 4.84. The molecule has 0 unspecified atom stereocenters. The van der Waals surface area contributed by atoms with Crippen molar-refractivity contribution in [3.63, 3.8) is 0 Å². The minimum Gasteiger partial charge on any atom is -0.377 e. The van der Waals surface area contributed by atoms with E-state index >= 15 is 0 Å². The average Bonchev–Trinajstić information content (AvgIpc) is 2.90. The van der Waals surface area contributed by atoms with Crippen LogP contribution in [0, 0.1) is 13.8 Å². The van der Waals surface area contributed by atoms with Crippen molar-refractivity contribution in [2.24, 2.45) is 0 Å². The van der Waals surface area contributed by atoms with Gasteiger partial charge in [0.05, 0.1) is 0 Å². The molecule has 0 radical (unpaired) electrons. The zero-order valence-corrected chi connectivity index (χ0v) is 14.5. The molecule has 5 heteroatoms. The standard InChI is InChI=1S/C18H26N4O/c1-14-12-16(7-8-17(14)21(3)4)13-20-18(23)6-5-10-22-11-9-19-15(22)2/h7-9,11-12H,5-6,10,13H2,1-4H3,(H,20,23). The van der Waals surface area contributed by atoms with Gasteiger partial charge in [0.15, 0.2) is 0 Å². The molecule has 1 aromatic heterocycles. The second kappa shape index (κ2) is 7.81. The Morgan fingerprint density at radius 3 is 2.70 bits per heavy atom. The topological polar surface area (TPSA) is 50.2 Å². The molecule has 2 aromatic rings. The summed E-state index contributed by atoms with van der Waals surface area (Å²) >= 11 is 0. The van der Waals surface area contributed by atoms with E-state index in [2.05, 4.69) is 44.9 Å². The van der Waals surface area contributed by atoms with Crippen molar-refractivity contribution in [2.45, 2.75) is 39.8 Å². The van der Waals surface area contributed by atoms with Gasteiger partial charge in [0.25, 0.3) is 0 Å². The first-order valence-corrected chi connectivity index (χ1v) is 7.98. The highest BCUT2D eigenvalue weighted by Crippen LogP contribution is 2.18. The fourth-order valence-corrected chi connectivity index (χ4v) is 2.67. The molecule has 5 nitrogen and oxygen atoms in total. The summed E-state index contributed by atoms with van der Waals surface area (Å²) in [5.41, 5.74) is 3.56. The van der Waals surface area contributed by atoms with Crippen molar-refractivity contribution < 1.29 is 4.79 Å². The number of nitrogens with one attached hydrogen (secondary N) is 1. The second-order valence-corrected chi connectivity index (χ2v) is 6.06. The molecule has 0 bridgehead atoms. The molecule has 124 valence electrons. The molecule has 0 aliphatic heterocycles. The minimum absolute atomic E-state index is 0.0945. The highest BCUT2D eigenvalue weighted by atomic mass is 16.1. The van der Waals surface area contributed by atoms with Gasteiger partial charge >= 0.3 is 0 Å². The van der Waals surface area contributed by atoms with Crippen LogP contribution < -0.4 is 10.2 Å². The van der Waals surface area contributed by atoms with Crippen molar-refractivity contribution in [2.75, 3.05) is 19.0 Å². The van der Waals surface area contributed by atoms with Crippen LogP contribution in [0.4, 0.5) is 5.69 Å². The third-order valence-electron chi connectivity index (χ3n) is 3.96. The molecule has 0 atom stereocenters. The molecule has 2 rings (SSSR count). The van der Waals surface area contributed by atoms with Gasteiger partial charge in [-0.3, -0.25) is 4.79 Å². The van der Waals surface area contributed by atoms with Crippen LogP contribution in [0.15, 0.2) is 30.6 Å². The number of hydrogen-bond donors (Lipinski definition) is 1. The number of carbonyl (C=O) groups excluding carboxylic acids is 1. The smallest absolute Gasteiger partial charge is 0.220 e. The van der Waals surface area contributed by atoms with Crippen LogP contribution in [0.1, 0.15) is 29.8 Å². The number of anilines is 1. The van der Waals surface area contributed by atoms with Crippen molar-refractivity contribution in [3.8, 4) is 0 Å². The van der Waals surface area contributed by atoms with Crippen LogP contribution in [0.2, 0.25) is 0 Å². The SMILES string of the molecule is Cc1cc(CNC(=O)CCCn2ccnc2C)ccc1N(C)C. The van der Waals surface area contributed by atoms with Gasteiger partial charge < -0.3 is 14.8 Å². The summed E-state index contributed by atoms with van der Waals surface area (Å²) in [6.07, 6.45) is 5.09. The number of aromatic nitrogens is 2. The van der Waals surface area contributed by atoms with Gasteiger partial charge in [-0.05, 0) is 37.5 Å². The lowest BCUT2D eigenvalue weighted by Crippen LogP contribution is -2.23. The Morgan fingerprint density at radius 2 is 2.09 bits per heavy atom. The summed E-state index contributed by atoms with van der Waals surface area (Å²) in [6.45, 7) is 5.47. The Bertz CT molecular complexity index is 661. The monoisotopic (exact) mass is 314 g/mol. The lowest BCUT2D eigenvalue weighted by molar-refractivity contribution is -0.121. The van der Waals surface area contributed by atoms with E-state index in [1.165, 1.54) is 11.3 Å². The predicted molar refractivity (Wildman–Crippen MR) is 93.6 cm³/mol. The van der Waals surface area contributed by atoms with Gasteiger partial charge in [-0.25, -0.2) is 4.98 Å². The summed E-state index contributed by atoms with van der Waals surface area (Å²) in [5.74, 6) is 1.08. The van der Waals surface area contributed by atoms with E-state index in [-0.39, 0.29) is 5.91 Å². The van der Waals surface area contributed by atoms with Crippen LogP contribution in [0.5, 0.6) is 0 Å². The normalized spacial score (nSPS) is 10.6. The fourth-order valence-electron chi connectivity index (χ4n) is 2.67. The van der Waals surface area contributed by atoms with Crippen LogP contribution in [-0.2, 0) is 17.9 Å². The summed E-state index contributed by atoms with van der Waals surface area (Å²) in [4.78, 5) is 18.2. The number of aryl methyl sites for hydroxylation is 3.